The van der Waals surface area contributed by atoms with E-state index < -0.39 is 5.63 Å². The molecule has 0 aliphatic heterocycles. The number of carbonyl (C=O) groups is 1. The lowest BCUT2D eigenvalue weighted by atomic mass is 10.1. The van der Waals surface area contributed by atoms with Crippen LogP contribution in [-0.4, -0.2) is 19.6 Å². The molecule has 0 fully saturated rings. The van der Waals surface area contributed by atoms with Crippen molar-refractivity contribution >= 4 is 28.5 Å². The fraction of sp³-hybridized carbons (Fsp3) is 0.158. The van der Waals surface area contributed by atoms with Crippen molar-refractivity contribution in [2.24, 2.45) is 0 Å². The molecule has 0 spiro atoms. The van der Waals surface area contributed by atoms with Crippen molar-refractivity contribution in [3.05, 3.63) is 75.1 Å². The lowest BCUT2D eigenvalue weighted by Gasteiger charge is -2.09. The molecule has 0 unspecified atom stereocenters. The van der Waals surface area contributed by atoms with E-state index in [1.165, 1.54) is 13.2 Å². The van der Waals surface area contributed by atoms with Gasteiger partial charge in [0.2, 0.25) is 0 Å². The zero-order chi connectivity index (χ0) is 17.8. The number of hydrogen-bond acceptors (Lipinski definition) is 4. The predicted octanol–water partition coefficient (Wildman–Crippen LogP) is 3.43. The Kier molecular flexibility index (Phi) is 5.05. The van der Waals surface area contributed by atoms with Gasteiger partial charge in [-0.3, -0.25) is 4.79 Å². The van der Waals surface area contributed by atoms with Crippen LogP contribution in [-0.2, 0) is 6.42 Å². The van der Waals surface area contributed by atoms with Gasteiger partial charge in [-0.25, -0.2) is 4.79 Å². The number of fused-ring (bicyclic) bond motifs is 1. The maximum absolute atomic E-state index is 12.5. The first-order chi connectivity index (χ1) is 12.1. The SMILES string of the molecule is COc1ccc2c(C(=O)NCCc3ccccc3Cl)cc(=O)oc2c1. The monoisotopic (exact) mass is 357 g/mol. The van der Waals surface area contributed by atoms with Gasteiger partial charge in [-0.1, -0.05) is 29.8 Å². The number of amides is 1. The molecule has 128 valence electrons. The Morgan fingerprint density at radius 1 is 1.20 bits per heavy atom. The number of carbonyl (C=O) groups excluding carboxylic acids is 1. The van der Waals surface area contributed by atoms with Crippen molar-refractivity contribution in [3.8, 4) is 5.75 Å². The number of hydrogen-bond donors (Lipinski definition) is 1. The third-order valence-corrected chi connectivity index (χ3v) is 4.20. The van der Waals surface area contributed by atoms with Gasteiger partial charge < -0.3 is 14.5 Å². The largest absolute Gasteiger partial charge is 0.497 e. The maximum Gasteiger partial charge on any atom is 0.337 e. The standard InChI is InChI=1S/C19H16ClNO4/c1-24-13-6-7-14-15(11-18(22)25-17(14)10-13)19(23)21-9-8-12-4-2-3-5-16(12)20/h2-7,10-11H,8-9H2,1H3,(H,21,23). The van der Waals surface area contributed by atoms with E-state index in [2.05, 4.69) is 5.32 Å². The Morgan fingerprint density at radius 3 is 2.76 bits per heavy atom. The second-order valence-electron chi connectivity index (χ2n) is 5.44. The van der Waals surface area contributed by atoms with Crippen LogP contribution in [0.2, 0.25) is 5.02 Å². The minimum Gasteiger partial charge on any atom is -0.497 e. The quantitative estimate of drug-likeness (QED) is 0.710. The fourth-order valence-electron chi connectivity index (χ4n) is 2.56. The van der Waals surface area contributed by atoms with Gasteiger partial charge in [0.05, 0.1) is 12.7 Å². The molecule has 0 aliphatic rings. The molecule has 0 saturated heterocycles. The smallest absolute Gasteiger partial charge is 0.337 e. The zero-order valence-electron chi connectivity index (χ0n) is 13.5. The molecular weight excluding hydrogens is 342 g/mol. The topological polar surface area (TPSA) is 68.5 Å². The molecule has 1 aromatic heterocycles. The lowest BCUT2D eigenvalue weighted by molar-refractivity contribution is 0.0955. The summed E-state index contributed by atoms with van der Waals surface area (Å²) in [5, 5.41) is 4.03. The highest BCUT2D eigenvalue weighted by molar-refractivity contribution is 6.31. The molecule has 6 heteroatoms. The summed E-state index contributed by atoms with van der Waals surface area (Å²) in [6, 6.07) is 13.6. The Bertz CT molecular complexity index is 981. The second kappa shape index (κ2) is 7.40. The van der Waals surface area contributed by atoms with Crippen LogP contribution in [0.15, 0.2) is 57.7 Å². The van der Waals surface area contributed by atoms with Crippen LogP contribution in [0, 0.1) is 0 Å². The average molecular weight is 358 g/mol. The van der Waals surface area contributed by atoms with Gasteiger partial charge in [0.15, 0.2) is 0 Å². The number of methoxy groups -OCH3 is 1. The van der Waals surface area contributed by atoms with Crippen LogP contribution < -0.4 is 15.7 Å². The van der Waals surface area contributed by atoms with Crippen molar-refractivity contribution in [2.45, 2.75) is 6.42 Å². The fourth-order valence-corrected chi connectivity index (χ4v) is 2.80. The van der Waals surface area contributed by atoms with Gasteiger partial charge in [0.25, 0.3) is 5.91 Å². The van der Waals surface area contributed by atoms with Crippen molar-refractivity contribution in [1.82, 2.24) is 5.32 Å². The summed E-state index contributed by atoms with van der Waals surface area (Å²) in [4.78, 5) is 24.2. The molecule has 0 bridgehead atoms. The van der Waals surface area contributed by atoms with Crippen molar-refractivity contribution < 1.29 is 13.9 Å². The molecular formula is C19H16ClNO4. The van der Waals surface area contributed by atoms with Crippen LogP contribution in [0.4, 0.5) is 0 Å². The number of rotatable bonds is 5. The Labute approximate surface area is 149 Å². The van der Waals surface area contributed by atoms with Gasteiger partial charge in [-0.05, 0) is 30.2 Å². The Hall–Kier alpha value is -2.79. The first kappa shape index (κ1) is 17.0. The van der Waals surface area contributed by atoms with Crippen molar-refractivity contribution in [2.75, 3.05) is 13.7 Å². The molecule has 0 aliphatic carbocycles. The van der Waals surface area contributed by atoms with Gasteiger partial charge in [0.1, 0.15) is 11.3 Å². The first-order valence-corrected chi connectivity index (χ1v) is 8.10. The van der Waals surface area contributed by atoms with Crippen LogP contribution in [0.1, 0.15) is 15.9 Å². The van der Waals surface area contributed by atoms with E-state index in [0.717, 1.165) is 5.56 Å². The zero-order valence-corrected chi connectivity index (χ0v) is 14.3. The van der Waals surface area contributed by atoms with E-state index in [4.69, 9.17) is 20.8 Å². The third kappa shape index (κ3) is 3.83. The van der Waals surface area contributed by atoms with Crippen LogP contribution in [0.3, 0.4) is 0 Å². The summed E-state index contributed by atoms with van der Waals surface area (Å²) in [5.74, 6) is 0.210. The minimum absolute atomic E-state index is 0.271. The van der Waals surface area contributed by atoms with Crippen LogP contribution in [0.25, 0.3) is 11.0 Å². The molecule has 5 nitrogen and oxygen atoms in total. The molecule has 3 rings (SSSR count). The van der Waals surface area contributed by atoms with Crippen LogP contribution in [0.5, 0.6) is 5.75 Å². The summed E-state index contributed by atoms with van der Waals surface area (Å²) in [5.41, 5.74) is 0.944. The van der Waals surface area contributed by atoms with Crippen molar-refractivity contribution in [1.29, 1.82) is 0 Å². The molecule has 1 N–H and O–H groups in total. The number of nitrogens with one attached hydrogen (secondary N) is 1. The number of halogens is 1. The van der Waals surface area contributed by atoms with E-state index >= 15 is 0 Å². The van der Waals surface area contributed by atoms with E-state index in [0.29, 0.717) is 34.7 Å². The van der Waals surface area contributed by atoms with Crippen molar-refractivity contribution in [3.63, 3.8) is 0 Å². The summed E-state index contributed by atoms with van der Waals surface area (Å²) in [6.07, 6.45) is 0.596. The molecule has 1 amide bonds. The molecule has 3 aromatic rings. The highest BCUT2D eigenvalue weighted by Crippen LogP contribution is 2.22. The third-order valence-electron chi connectivity index (χ3n) is 3.83. The molecule has 2 aromatic carbocycles. The molecule has 0 saturated carbocycles. The molecule has 0 atom stereocenters. The van der Waals surface area contributed by atoms with E-state index in [-0.39, 0.29) is 11.5 Å². The van der Waals surface area contributed by atoms with E-state index in [1.807, 2.05) is 24.3 Å². The van der Waals surface area contributed by atoms with Crippen LogP contribution >= 0.6 is 11.6 Å². The first-order valence-electron chi connectivity index (χ1n) is 7.72. The lowest BCUT2D eigenvalue weighted by Crippen LogP contribution is -2.26. The van der Waals surface area contributed by atoms with Gasteiger partial charge in [0, 0.05) is 29.1 Å². The number of ether oxygens (including phenoxy) is 1. The normalized spacial score (nSPS) is 10.6. The maximum atomic E-state index is 12.5. The Morgan fingerprint density at radius 2 is 2.00 bits per heavy atom. The van der Waals surface area contributed by atoms with Gasteiger partial charge >= 0.3 is 5.63 Å². The van der Waals surface area contributed by atoms with Gasteiger partial charge in [-0.2, -0.15) is 0 Å². The summed E-state index contributed by atoms with van der Waals surface area (Å²) in [7, 11) is 1.52. The average Bonchev–Trinajstić information content (AvgIpc) is 2.61. The predicted molar refractivity (Wildman–Crippen MR) is 96.5 cm³/mol. The second-order valence-corrected chi connectivity index (χ2v) is 5.85. The Balaban J connectivity index is 1.80. The minimum atomic E-state index is -0.586. The summed E-state index contributed by atoms with van der Waals surface area (Å²) < 4.78 is 10.3. The number of benzene rings is 2. The summed E-state index contributed by atoms with van der Waals surface area (Å²) in [6.45, 7) is 0.403. The summed E-state index contributed by atoms with van der Waals surface area (Å²) >= 11 is 6.11. The van der Waals surface area contributed by atoms with E-state index in [1.54, 1.807) is 18.2 Å². The molecule has 0 radical (unpaired) electrons. The highest BCUT2D eigenvalue weighted by atomic mass is 35.5. The van der Waals surface area contributed by atoms with Gasteiger partial charge in [-0.15, -0.1) is 0 Å². The molecule has 1 heterocycles. The highest BCUT2D eigenvalue weighted by Gasteiger charge is 2.13. The van der Waals surface area contributed by atoms with E-state index in [9.17, 15) is 9.59 Å². The molecule has 25 heavy (non-hydrogen) atoms.